The number of primary amides is 1. The average Bonchev–Trinajstić information content (AvgIpc) is 2.82. The van der Waals surface area contributed by atoms with Crippen LogP contribution in [0.2, 0.25) is 5.02 Å². The third-order valence-corrected chi connectivity index (χ3v) is 4.48. The van der Waals surface area contributed by atoms with Gasteiger partial charge in [-0.1, -0.05) is 23.4 Å². The van der Waals surface area contributed by atoms with E-state index in [-0.39, 0.29) is 11.9 Å². The van der Waals surface area contributed by atoms with Crippen molar-refractivity contribution in [2.45, 2.75) is 25.1 Å². The van der Waals surface area contributed by atoms with Crippen molar-refractivity contribution >= 4 is 29.3 Å². The van der Waals surface area contributed by atoms with Crippen molar-refractivity contribution in [3.8, 4) is 5.75 Å². The molecule has 1 heterocycles. The molecule has 1 aromatic heterocycles. The van der Waals surface area contributed by atoms with Crippen LogP contribution in [0.15, 0.2) is 23.4 Å². The molecule has 0 saturated heterocycles. The fraction of sp³-hybridized carbons (Fsp3) is 0.357. The highest BCUT2D eigenvalue weighted by Gasteiger charge is 2.17. The number of benzene rings is 1. The molecule has 1 unspecified atom stereocenters. The number of aromatic nitrogens is 3. The number of nitrogens with zero attached hydrogens (tertiary/aromatic N) is 3. The summed E-state index contributed by atoms with van der Waals surface area (Å²) in [5.41, 5.74) is 6.08. The van der Waals surface area contributed by atoms with Crippen LogP contribution in [-0.2, 0) is 11.8 Å². The van der Waals surface area contributed by atoms with Crippen LogP contribution >= 0.6 is 23.4 Å². The first-order valence-electron chi connectivity index (χ1n) is 6.61. The first-order chi connectivity index (χ1) is 10.4. The Morgan fingerprint density at radius 1 is 1.50 bits per heavy atom. The zero-order valence-electron chi connectivity index (χ0n) is 12.5. The topological polar surface area (TPSA) is 83.0 Å². The highest BCUT2D eigenvalue weighted by molar-refractivity contribution is 7.99. The van der Waals surface area contributed by atoms with Gasteiger partial charge in [0.2, 0.25) is 5.91 Å². The maximum absolute atomic E-state index is 10.8. The molecule has 0 aliphatic heterocycles. The number of aryl methyl sites for hydroxylation is 1. The lowest BCUT2D eigenvalue weighted by Crippen LogP contribution is -2.14. The van der Waals surface area contributed by atoms with Crippen molar-refractivity contribution in [1.29, 1.82) is 0 Å². The Morgan fingerprint density at radius 3 is 2.86 bits per heavy atom. The number of thioether (sulfide) groups is 1. The van der Waals surface area contributed by atoms with Gasteiger partial charge in [-0.3, -0.25) is 4.79 Å². The van der Waals surface area contributed by atoms with Gasteiger partial charge in [-0.25, -0.2) is 0 Å². The summed E-state index contributed by atoms with van der Waals surface area (Å²) in [5, 5.41) is 9.49. The van der Waals surface area contributed by atoms with Gasteiger partial charge in [0.05, 0.1) is 5.75 Å². The Morgan fingerprint density at radius 2 is 2.23 bits per heavy atom. The lowest BCUT2D eigenvalue weighted by atomic mass is 10.2. The normalized spacial score (nSPS) is 12.2. The number of carbonyl (C=O) groups is 1. The van der Waals surface area contributed by atoms with E-state index in [0.717, 1.165) is 5.56 Å². The second kappa shape index (κ2) is 7.02. The summed E-state index contributed by atoms with van der Waals surface area (Å²) in [7, 11) is 1.83. The summed E-state index contributed by atoms with van der Waals surface area (Å²) in [6, 6.07) is 5.48. The van der Waals surface area contributed by atoms with Crippen molar-refractivity contribution in [2.24, 2.45) is 12.8 Å². The summed E-state index contributed by atoms with van der Waals surface area (Å²) in [6.07, 6.45) is -0.291. The summed E-state index contributed by atoms with van der Waals surface area (Å²) in [4.78, 5) is 10.8. The minimum atomic E-state index is -0.393. The lowest BCUT2D eigenvalue weighted by Gasteiger charge is -2.15. The Bertz CT molecular complexity index is 689. The van der Waals surface area contributed by atoms with Gasteiger partial charge in [-0.15, -0.1) is 10.2 Å². The molecular weight excluding hydrogens is 324 g/mol. The van der Waals surface area contributed by atoms with Crippen molar-refractivity contribution in [2.75, 3.05) is 5.75 Å². The van der Waals surface area contributed by atoms with E-state index in [0.29, 0.717) is 21.8 Å². The van der Waals surface area contributed by atoms with Gasteiger partial charge in [0.15, 0.2) is 17.1 Å². The van der Waals surface area contributed by atoms with Crippen molar-refractivity contribution in [3.05, 3.63) is 34.6 Å². The number of hydrogen-bond donors (Lipinski definition) is 1. The van der Waals surface area contributed by atoms with Crippen LogP contribution in [0.4, 0.5) is 0 Å². The first-order valence-corrected chi connectivity index (χ1v) is 7.98. The van der Waals surface area contributed by atoms with Crippen LogP contribution in [0.1, 0.15) is 24.4 Å². The van der Waals surface area contributed by atoms with Gasteiger partial charge in [0.1, 0.15) is 5.75 Å². The fourth-order valence-corrected chi connectivity index (χ4v) is 2.66. The molecule has 0 saturated carbocycles. The van der Waals surface area contributed by atoms with E-state index in [9.17, 15) is 4.79 Å². The average molecular weight is 341 g/mol. The van der Waals surface area contributed by atoms with E-state index in [1.807, 2.05) is 33.0 Å². The van der Waals surface area contributed by atoms with Crippen molar-refractivity contribution in [3.63, 3.8) is 0 Å². The molecule has 6 nitrogen and oxygen atoms in total. The third-order valence-electron chi connectivity index (χ3n) is 3.02. The van der Waals surface area contributed by atoms with Gasteiger partial charge in [-0.2, -0.15) is 0 Å². The third kappa shape index (κ3) is 3.92. The lowest BCUT2D eigenvalue weighted by molar-refractivity contribution is -0.115. The maximum Gasteiger partial charge on any atom is 0.227 e. The fourth-order valence-electron chi connectivity index (χ4n) is 1.89. The molecule has 2 N–H and O–H groups in total. The van der Waals surface area contributed by atoms with E-state index in [4.69, 9.17) is 22.1 Å². The van der Waals surface area contributed by atoms with Crippen LogP contribution in [0, 0.1) is 6.92 Å². The van der Waals surface area contributed by atoms with E-state index in [1.54, 1.807) is 10.6 Å². The molecule has 0 radical (unpaired) electrons. The minimum absolute atomic E-state index is 0.164. The largest absolute Gasteiger partial charge is 0.483 e. The van der Waals surface area contributed by atoms with Crippen molar-refractivity contribution < 1.29 is 9.53 Å². The second-order valence-electron chi connectivity index (χ2n) is 4.83. The number of hydrogen-bond acceptors (Lipinski definition) is 5. The van der Waals surface area contributed by atoms with Crippen LogP contribution in [0.3, 0.4) is 0 Å². The van der Waals surface area contributed by atoms with Crippen LogP contribution in [0.5, 0.6) is 5.75 Å². The molecule has 2 aromatic rings. The highest BCUT2D eigenvalue weighted by Crippen LogP contribution is 2.26. The Labute approximate surface area is 138 Å². The van der Waals surface area contributed by atoms with Crippen LogP contribution in [-0.4, -0.2) is 26.4 Å². The molecule has 22 heavy (non-hydrogen) atoms. The molecule has 2 rings (SSSR count). The van der Waals surface area contributed by atoms with E-state index in [2.05, 4.69) is 10.2 Å². The monoisotopic (exact) mass is 340 g/mol. The van der Waals surface area contributed by atoms with Gasteiger partial charge in [0.25, 0.3) is 0 Å². The molecule has 8 heteroatoms. The smallest absolute Gasteiger partial charge is 0.227 e. The molecular formula is C14H17ClN4O2S. The molecule has 0 fully saturated rings. The predicted octanol–water partition coefficient (Wildman–Crippen LogP) is 2.49. The number of carbonyl (C=O) groups excluding carboxylic acids is 1. The van der Waals surface area contributed by atoms with Gasteiger partial charge < -0.3 is 15.0 Å². The van der Waals surface area contributed by atoms with Gasteiger partial charge >= 0.3 is 0 Å². The number of rotatable bonds is 6. The van der Waals surface area contributed by atoms with Gasteiger partial charge in [0, 0.05) is 12.1 Å². The second-order valence-corrected chi connectivity index (χ2v) is 6.18. The van der Waals surface area contributed by atoms with E-state index < -0.39 is 5.91 Å². The zero-order valence-corrected chi connectivity index (χ0v) is 14.1. The molecule has 0 bridgehead atoms. The Balaban J connectivity index is 2.10. The summed E-state index contributed by atoms with van der Waals surface area (Å²) >= 11 is 7.25. The minimum Gasteiger partial charge on any atom is -0.483 e. The molecule has 0 aliphatic rings. The molecule has 118 valence electrons. The van der Waals surface area contributed by atoms with Gasteiger partial charge in [-0.05, 0) is 37.6 Å². The molecule has 0 spiro atoms. The van der Waals surface area contributed by atoms with Crippen molar-refractivity contribution in [1.82, 2.24) is 14.8 Å². The number of ether oxygens (including phenoxy) is 1. The zero-order chi connectivity index (χ0) is 16.3. The van der Waals surface area contributed by atoms with E-state index >= 15 is 0 Å². The molecule has 0 aliphatic carbocycles. The summed E-state index contributed by atoms with van der Waals surface area (Å²) in [5.74, 6) is 1.15. The highest BCUT2D eigenvalue weighted by atomic mass is 35.5. The maximum atomic E-state index is 10.8. The standard InChI is InChI=1S/C14H17ClN4O2S/c1-8-6-10(4-5-11(8)15)21-9(2)13-17-18-14(19(13)3)22-7-12(16)20/h4-6,9H,7H2,1-3H3,(H2,16,20). The summed E-state index contributed by atoms with van der Waals surface area (Å²) < 4.78 is 7.67. The molecule has 1 atom stereocenters. The Hall–Kier alpha value is -1.73. The van der Waals surface area contributed by atoms with E-state index in [1.165, 1.54) is 11.8 Å². The summed E-state index contributed by atoms with van der Waals surface area (Å²) in [6.45, 7) is 3.80. The number of halogens is 1. The molecule has 1 aromatic carbocycles. The van der Waals surface area contributed by atoms with Crippen LogP contribution in [0.25, 0.3) is 0 Å². The quantitative estimate of drug-likeness (QED) is 0.817. The molecule has 1 amide bonds. The Kier molecular flexibility index (Phi) is 5.31. The SMILES string of the molecule is Cc1cc(OC(C)c2nnc(SCC(N)=O)n2C)ccc1Cl. The number of nitrogens with two attached hydrogens (primary N) is 1. The number of amides is 1. The first kappa shape index (κ1) is 16.6. The predicted molar refractivity (Wildman–Crippen MR) is 86.2 cm³/mol. The van der Waals surface area contributed by atoms with Crippen LogP contribution < -0.4 is 10.5 Å².